The SMILES string of the molecule is NS(=O)(=O)c1occc1N1C=NC=NC1. The highest BCUT2D eigenvalue weighted by Gasteiger charge is 2.22. The fourth-order valence-electron chi connectivity index (χ4n) is 1.17. The number of nitrogens with two attached hydrogens (primary N) is 1. The van der Waals surface area contributed by atoms with Gasteiger partial charge in [0.15, 0.2) is 0 Å². The molecule has 1 aromatic rings. The molecule has 0 amide bonds. The standard InChI is InChI=1S/C7H8N4O3S/c8-15(12,13)7-6(1-2-14-7)11-4-9-3-10-5-11/h1-4H,5H2,(H2,8,12,13). The Labute approximate surface area is 86.0 Å². The maximum absolute atomic E-state index is 11.1. The maximum Gasteiger partial charge on any atom is 0.273 e. The van der Waals surface area contributed by atoms with Gasteiger partial charge in [-0.15, -0.1) is 0 Å². The van der Waals surface area contributed by atoms with Gasteiger partial charge in [0.2, 0.25) is 0 Å². The molecule has 0 aromatic carbocycles. The Kier molecular flexibility index (Phi) is 2.29. The van der Waals surface area contributed by atoms with Gasteiger partial charge >= 0.3 is 0 Å². The van der Waals surface area contributed by atoms with Crippen molar-refractivity contribution in [2.45, 2.75) is 5.09 Å². The first-order valence-electron chi connectivity index (χ1n) is 3.97. The first-order valence-corrected chi connectivity index (χ1v) is 5.52. The van der Waals surface area contributed by atoms with E-state index in [4.69, 9.17) is 9.56 Å². The van der Waals surface area contributed by atoms with E-state index >= 15 is 0 Å². The van der Waals surface area contributed by atoms with Crippen molar-refractivity contribution in [3.8, 4) is 0 Å². The lowest BCUT2D eigenvalue weighted by Crippen LogP contribution is -2.26. The number of rotatable bonds is 2. The Bertz CT molecular complexity index is 516. The van der Waals surface area contributed by atoms with Crippen LogP contribution < -0.4 is 10.0 Å². The zero-order valence-electron chi connectivity index (χ0n) is 7.57. The quantitative estimate of drug-likeness (QED) is 0.754. The topological polar surface area (TPSA) is 101 Å². The molecule has 2 rings (SSSR count). The lowest BCUT2D eigenvalue weighted by atomic mass is 10.5. The highest BCUT2D eigenvalue weighted by Crippen LogP contribution is 2.24. The van der Waals surface area contributed by atoms with E-state index in [1.54, 1.807) is 0 Å². The third-order valence-electron chi connectivity index (χ3n) is 1.77. The van der Waals surface area contributed by atoms with Crippen molar-refractivity contribution in [2.75, 3.05) is 11.6 Å². The predicted octanol–water partition coefficient (Wildman–Crippen LogP) is -0.239. The Morgan fingerprint density at radius 2 is 2.33 bits per heavy atom. The van der Waals surface area contributed by atoms with Gasteiger partial charge in [0.05, 0.1) is 12.6 Å². The number of furan rings is 1. The molecule has 2 heterocycles. The first-order chi connectivity index (χ1) is 7.09. The molecular weight excluding hydrogens is 220 g/mol. The van der Waals surface area contributed by atoms with E-state index in [0.717, 1.165) is 0 Å². The van der Waals surface area contributed by atoms with Gasteiger partial charge in [-0.2, -0.15) is 0 Å². The maximum atomic E-state index is 11.1. The van der Waals surface area contributed by atoms with Crippen LogP contribution in [0.5, 0.6) is 0 Å². The fraction of sp³-hybridized carbons (Fsp3) is 0.143. The average Bonchev–Trinajstić information content (AvgIpc) is 2.67. The Morgan fingerprint density at radius 3 is 2.93 bits per heavy atom. The van der Waals surface area contributed by atoms with Gasteiger partial charge in [0.25, 0.3) is 15.1 Å². The molecule has 0 radical (unpaired) electrons. The van der Waals surface area contributed by atoms with Crippen LogP contribution in [-0.4, -0.2) is 27.8 Å². The van der Waals surface area contributed by atoms with Crippen LogP contribution in [0, 0.1) is 0 Å². The van der Waals surface area contributed by atoms with Crippen LogP contribution in [0.4, 0.5) is 5.69 Å². The summed E-state index contributed by atoms with van der Waals surface area (Å²) in [6, 6.07) is 1.49. The largest absolute Gasteiger partial charge is 0.450 e. The van der Waals surface area contributed by atoms with Gasteiger partial charge in [-0.1, -0.05) is 0 Å². The van der Waals surface area contributed by atoms with Crippen LogP contribution in [0.25, 0.3) is 0 Å². The van der Waals surface area contributed by atoms with Gasteiger partial charge in [0, 0.05) is 6.07 Å². The van der Waals surface area contributed by atoms with Crippen molar-refractivity contribution in [3.05, 3.63) is 12.3 Å². The average molecular weight is 228 g/mol. The molecule has 8 heteroatoms. The molecule has 0 spiro atoms. The van der Waals surface area contributed by atoms with Crippen molar-refractivity contribution >= 4 is 28.4 Å². The van der Waals surface area contributed by atoms with Crippen molar-refractivity contribution in [1.82, 2.24) is 0 Å². The molecule has 7 nitrogen and oxygen atoms in total. The summed E-state index contributed by atoms with van der Waals surface area (Å²) in [5.41, 5.74) is 0.332. The Morgan fingerprint density at radius 1 is 1.53 bits per heavy atom. The van der Waals surface area contributed by atoms with Crippen LogP contribution in [0.2, 0.25) is 0 Å². The van der Waals surface area contributed by atoms with Gasteiger partial charge in [-0.3, -0.25) is 4.99 Å². The number of hydrogen-bond acceptors (Lipinski definition) is 6. The molecule has 2 N–H and O–H groups in total. The second kappa shape index (κ2) is 3.48. The van der Waals surface area contributed by atoms with E-state index in [2.05, 4.69) is 9.98 Å². The lowest BCUT2D eigenvalue weighted by Gasteiger charge is -2.17. The van der Waals surface area contributed by atoms with Gasteiger partial charge in [-0.05, 0) is 0 Å². The summed E-state index contributed by atoms with van der Waals surface area (Å²) >= 11 is 0. The number of nitrogens with zero attached hydrogens (tertiary/aromatic N) is 3. The van der Waals surface area contributed by atoms with E-state index in [-0.39, 0.29) is 11.8 Å². The summed E-state index contributed by atoms with van der Waals surface area (Å²) in [5, 5.41) is 4.69. The van der Waals surface area contributed by atoms with Crippen LogP contribution in [0.15, 0.2) is 31.8 Å². The number of aliphatic imine (C=N–C) groups is 2. The number of hydrogen-bond donors (Lipinski definition) is 1. The molecule has 0 aliphatic carbocycles. The number of primary sulfonamides is 1. The summed E-state index contributed by atoms with van der Waals surface area (Å²) in [6.07, 6.45) is 4.08. The molecule has 80 valence electrons. The van der Waals surface area contributed by atoms with Crippen molar-refractivity contribution in [2.24, 2.45) is 15.1 Å². The molecule has 1 aliphatic rings. The smallest absolute Gasteiger partial charge is 0.273 e. The molecule has 0 fully saturated rings. The minimum atomic E-state index is -3.86. The van der Waals surface area contributed by atoms with Crippen LogP contribution >= 0.6 is 0 Å². The van der Waals surface area contributed by atoms with Crippen LogP contribution in [0.1, 0.15) is 0 Å². The number of sulfonamides is 1. The molecular formula is C7H8N4O3S. The van der Waals surface area contributed by atoms with Gasteiger partial charge < -0.3 is 9.32 Å². The Balaban J connectivity index is 2.42. The summed E-state index contributed by atoms with van der Waals surface area (Å²) < 4.78 is 27.1. The van der Waals surface area contributed by atoms with Gasteiger partial charge in [0.1, 0.15) is 18.7 Å². The third kappa shape index (κ3) is 1.90. The normalized spacial score (nSPS) is 15.9. The highest BCUT2D eigenvalue weighted by molar-refractivity contribution is 7.89. The van der Waals surface area contributed by atoms with Crippen LogP contribution in [0.3, 0.4) is 0 Å². The minimum absolute atomic E-state index is 0.283. The van der Waals surface area contributed by atoms with Crippen molar-refractivity contribution < 1.29 is 12.8 Å². The summed E-state index contributed by atoms with van der Waals surface area (Å²) in [5.74, 6) is 0. The highest BCUT2D eigenvalue weighted by atomic mass is 32.2. The first kappa shape index (κ1) is 9.87. The van der Waals surface area contributed by atoms with Crippen molar-refractivity contribution in [1.29, 1.82) is 0 Å². The van der Waals surface area contributed by atoms with Crippen molar-refractivity contribution in [3.63, 3.8) is 0 Å². The summed E-state index contributed by atoms with van der Waals surface area (Å²) in [4.78, 5) is 9.15. The molecule has 0 saturated carbocycles. The molecule has 0 saturated heterocycles. The fourth-order valence-corrected chi connectivity index (χ4v) is 1.84. The van der Waals surface area contributed by atoms with E-state index in [1.807, 2.05) is 0 Å². The summed E-state index contributed by atoms with van der Waals surface area (Å²) in [6.45, 7) is 0.283. The monoisotopic (exact) mass is 228 g/mol. The zero-order valence-corrected chi connectivity index (χ0v) is 8.38. The summed E-state index contributed by atoms with van der Waals surface area (Å²) in [7, 11) is -3.86. The molecule has 0 atom stereocenters. The van der Waals surface area contributed by atoms with E-state index < -0.39 is 10.0 Å². The number of anilines is 1. The van der Waals surface area contributed by atoms with E-state index in [9.17, 15) is 8.42 Å². The van der Waals surface area contributed by atoms with Gasteiger partial charge in [-0.25, -0.2) is 18.5 Å². The van der Waals surface area contributed by atoms with Crippen LogP contribution in [-0.2, 0) is 10.0 Å². The van der Waals surface area contributed by atoms with E-state index in [1.165, 1.54) is 29.9 Å². The minimum Gasteiger partial charge on any atom is -0.450 e. The van der Waals surface area contributed by atoms with E-state index in [0.29, 0.717) is 5.69 Å². The Hall–Kier alpha value is -1.67. The third-order valence-corrected chi connectivity index (χ3v) is 2.59. The molecule has 15 heavy (non-hydrogen) atoms. The second-order valence-electron chi connectivity index (χ2n) is 2.81. The lowest BCUT2D eigenvalue weighted by molar-refractivity contribution is 0.451. The molecule has 1 aliphatic heterocycles. The zero-order chi connectivity index (χ0) is 10.9. The molecule has 1 aromatic heterocycles. The molecule has 0 bridgehead atoms. The predicted molar refractivity (Wildman–Crippen MR) is 54.4 cm³/mol. The molecule has 0 unspecified atom stereocenters. The second-order valence-corrected chi connectivity index (χ2v) is 4.27.